The van der Waals surface area contributed by atoms with Gasteiger partial charge < -0.3 is 8.98 Å². The van der Waals surface area contributed by atoms with E-state index in [2.05, 4.69) is 108 Å². The molecule has 0 N–H and O–H groups in total. The molecule has 0 spiro atoms. The van der Waals surface area contributed by atoms with Crippen LogP contribution >= 0.6 is 0 Å². The summed E-state index contributed by atoms with van der Waals surface area (Å²) in [7, 11) is 0. The highest BCUT2D eigenvalue weighted by atomic mass is 16.3. The van der Waals surface area contributed by atoms with Crippen LogP contribution in [0.2, 0.25) is 0 Å². The van der Waals surface area contributed by atoms with Crippen LogP contribution in [0.5, 0.6) is 0 Å². The molecular weight excluding hydrogens is 440 g/mol. The van der Waals surface area contributed by atoms with Crippen molar-refractivity contribution >= 4 is 43.7 Å². The highest BCUT2D eigenvalue weighted by molar-refractivity contribution is 6.10. The maximum absolute atomic E-state index is 6.33. The lowest BCUT2D eigenvalue weighted by Gasteiger charge is -2.16. The van der Waals surface area contributed by atoms with E-state index in [9.17, 15) is 0 Å². The maximum Gasteiger partial charge on any atom is 0.143 e. The largest absolute Gasteiger partial charge is 0.455 e. The highest BCUT2D eigenvalue weighted by Crippen LogP contribution is 2.39. The predicted molar refractivity (Wildman–Crippen MR) is 148 cm³/mol. The minimum atomic E-state index is 0.914. The molecule has 168 valence electrons. The van der Waals surface area contributed by atoms with E-state index in [0.717, 1.165) is 66.4 Å². The van der Waals surface area contributed by atoms with Gasteiger partial charge in [0.2, 0.25) is 0 Å². The van der Waals surface area contributed by atoms with E-state index in [1.165, 1.54) is 5.39 Å². The van der Waals surface area contributed by atoms with Gasteiger partial charge in [0.1, 0.15) is 11.2 Å². The lowest BCUT2D eigenvalue weighted by Crippen LogP contribution is -2.00. The second-order valence-electron chi connectivity index (χ2n) is 9.24. The smallest absolute Gasteiger partial charge is 0.143 e. The number of hydrogen-bond acceptors (Lipinski definition) is 2. The highest BCUT2D eigenvalue weighted by Gasteiger charge is 2.18. The summed E-state index contributed by atoms with van der Waals surface area (Å²) >= 11 is 0. The number of rotatable bonds is 2. The van der Waals surface area contributed by atoms with Gasteiger partial charge >= 0.3 is 0 Å². The SMILES string of the molecule is c1cc(-c2cccc3c2oc2ccccc23)cc(-n2cc3c4ccccc4nc-3c3ccccc32)c1. The minimum absolute atomic E-state index is 0.914. The van der Waals surface area contributed by atoms with E-state index in [-0.39, 0.29) is 0 Å². The molecule has 0 atom stereocenters. The maximum atomic E-state index is 6.33. The van der Waals surface area contributed by atoms with Crippen molar-refractivity contribution < 1.29 is 4.42 Å². The second-order valence-corrected chi connectivity index (χ2v) is 9.24. The van der Waals surface area contributed by atoms with Gasteiger partial charge in [-0.2, -0.15) is 0 Å². The third-order valence-corrected chi connectivity index (χ3v) is 7.20. The van der Waals surface area contributed by atoms with E-state index >= 15 is 0 Å². The number of nitrogens with zero attached hydrogens (tertiary/aromatic N) is 2. The summed E-state index contributed by atoms with van der Waals surface area (Å²) in [6, 6.07) is 40.2. The van der Waals surface area contributed by atoms with E-state index in [1.54, 1.807) is 0 Å². The van der Waals surface area contributed by atoms with Crippen LogP contribution in [0.1, 0.15) is 0 Å². The average Bonchev–Trinajstić information content (AvgIpc) is 3.51. The monoisotopic (exact) mass is 460 g/mol. The summed E-state index contributed by atoms with van der Waals surface area (Å²) in [6.07, 6.45) is 2.23. The van der Waals surface area contributed by atoms with Crippen LogP contribution in [0, 0.1) is 0 Å². The topological polar surface area (TPSA) is 31.0 Å². The van der Waals surface area contributed by atoms with Crippen molar-refractivity contribution in [2.45, 2.75) is 0 Å². The summed E-state index contributed by atoms with van der Waals surface area (Å²) in [4.78, 5) is 4.97. The summed E-state index contributed by atoms with van der Waals surface area (Å²) in [5, 5.41) is 4.61. The molecule has 3 heterocycles. The van der Waals surface area contributed by atoms with Gasteiger partial charge in [0, 0.05) is 44.6 Å². The van der Waals surface area contributed by atoms with Crippen LogP contribution in [0.15, 0.2) is 126 Å². The van der Waals surface area contributed by atoms with Gasteiger partial charge in [-0.1, -0.05) is 84.9 Å². The van der Waals surface area contributed by atoms with E-state index in [1.807, 2.05) is 18.2 Å². The summed E-state index contributed by atoms with van der Waals surface area (Å²) < 4.78 is 8.62. The molecule has 0 unspecified atom stereocenters. The predicted octanol–water partition coefficient (Wildman–Crippen LogP) is 8.85. The van der Waals surface area contributed by atoms with Crippen LogP contribution in [0.25, 0.3) is 71.8 Å². The van der Waals surface area contributed by atoms with E-state index in [0.29, 0.717) is 0 Å². The fraction of sp³-hybridized carbons (Fsp3) is 0. The van der Waals surface area contributed by atoms with Crippen molar-refractivity contribution in [3.63, 3.8) is 0 Å². The molecule has 5 aromatic carbocycles. The molecular formula is C33H20N2O. The Hall–Kier alpha value is -4.89. The van der Waals surface area contributed by atoms with Gasteiger partial charge in [-0.05, 0) is 35.9 Å². The summed E-state index contributed by atoms with van der Waals surface area (Å²) in [6.45, 7) is 0. The molecule has 1 aromatic heterocycles. The van der Waals surface area contributed by atoms with Crippen molar-refractivity contribution in [2.75, 3.05) is 0 Å². The van der Waals surface area contributed by atoms with Crippen molar-refractivity contribution in [1.82, 2.24) is 9.55 Å². The number of benzene rings is 5. The molecule has 36 heavy (non-hydrogen) atoms. The molecule has 0 bridgehead atoms. The van der Waals surface area contributed by atoms with Crippen molar-refractivity contribution in [1.29, 1.82) is 0 Å². The molecule has 2 aliphatic heterocycles. The number of aromatic nitrogens is 2. The standard InChI is InChI=1S/C33H20N2O/c1-4-16-29-24(11-1)28-20-35(30-17-5-2-13-27(30)32(28)34-29)22-10-7-9-21(19-22)23-14-8-15-26-25-12-3-6-18-31(25)36-33(23)26/h1-20H. The van der Waals surface area contributed by atoms with E-state index in [4.69, 9.17) is 9.40 Å². The van der Waals surface area contributed by atoms with Crippen molar-refractivity contribution in [3.05, 3.63) is 121 Å². The van der Waals surface area contributed by atoms with Crippen LogP contribution in [-0.4, -0.2) is 9.55 Å². The Morgan fingerprint density at radius 2 is 1.33 bits per heavy atom. The second kappa shape index (κ2) is 7.30. The molecule has 0 saturated carbocycles. The van der Waals surface area contributed by atoms with E-state index < -0.39 is 0 Å². The summed E-state index contributed by atoms with van der Waals surface area (Å²) in [5.41, 5.74) is 9.53. The lowest BCUT2D eigenvalue weighted by atomic mass is 10.0. The Kier molecular flexibility index (Phi) is 3.94. The molecule has 2 aliphatic rings. The van der Waals surface area contributed by atoms with Crippen molar-refractivity contribution in [2.24, 2.45) is 0 Å². The summed E-state index contributed by atoms with van der Waals surface area (Å²) in [5.74, 6) is 0. The van der Waals surface area contributed by atoms with Crippen LogP contribution in [-0.2, 0) is 0 Å². The van der Waals surface area contributed by atoms with Gasteiger partial charge in [0.25, 0.3) is 0 Å². The Balaban J connectivity index is 1.40. The fourth-order valence-electron chi connectivity index (χ4n) is 5.54. The lowest BCUT2D eigenvalue weighted by molar-refractivity contribution is 0.670. The Labute approximate surface area is 207 Å². The molecule has 8 rings (SSSR count). The molecule has 0 radical (unpaired) electrons. The number of furan rings is 1. The Morgan fingerprint density at radius 3 is 2.28 bits per heavy atom. The number of pyridine rings is 1. The molecule has 3 nitrogen and oxygen atoms in total. The number of fused-ring (bicyclic) bond motifs is 8. The molecule has 6 aromatic rings. The zero-order valence-electron chi connectivity index (χ0n) is 19.3. The fourth-order valence-corrected chi connectivity index (χ4v) is 5.54. The quantitative estimate of drug-likeness (QED) is 0.258. The molecule has 0 saturated heterocycles. The molecule has 3 heteroatoms. The first-order chi connectivity index (χ1) is 17.8. The number of para-hydroxylation sites is 4. The average molecular weight is 461 g/mol. The third kappa shape index (κ3) is 2.71. The molecule has 0 amide bonds. The Bertz CT molecular complexity index is 2060. The van der Waals surface area contributed by atoms with Crippen LogP contribution in [0.4, 0.5) is 0 Å². The van der Waals surface area contributed by atoms with Crippen LogP contribution < -0.4 is 0 Å². The molecule has 0 aliphatic carbocycles. The van der Waals surface area contributed by atoms with Crippen LogP contribution in [0.3, 0.4) is 0 Å². The third-order valence-electron chi connectivity index (χ3n) is 7.20. The van der Waals surface area contributed by atoms with Gasteiger partial charge in [0.05, 0.1) is 16.7 Å². The van der Waals surface area contributed by atoms with Gasteiger partial charge in [-0.25, -0.2) is 4.98 Å². The van der Waals surface area contributed by atoms with Crippen molar-refractivity contribution in [3.8, 4) is 28.1 Å². The Morgan fingerprint density at radius 1 is 0.583 bits per heavy atom. The zero-order chi connectivity index (χ0) is 23.6. The first-order valence-corrected chi connectivity index (χ1v) is 12.1. The number of hydrogen-bond donors (Lipinski definition) is 0. The zero-order valence-corrected chi connectivity index (χ0v) is 19.3. The molecule has 0 fully saturated rings. The van der Waals surface area contributed by atoms with Gasteiger partial charge in [-0.15, -0.1) is 0 Å². The minimum Gasteiger partial charge on any atom is -0.455 e. The first kappa shape index (κ1) is 19.4. The van der Waals surface area contributed by atoms with Gasteiger partial charge in [0.15, 0.2) is 0 Å². The van der Waals surface area contributed by atoms with Gasteiger partial charge in [-0.3, -0.25) is 0 Å². The first-order valence-electron chi connectivity index (χ1n) is 12.1. The normalized spacial score (nSPS) is 11.9.